The summed E-state index contributed by atoms with van der Waals surface area (Å²) in [5.41, 5.74) is 1.91. The minimum atomic E-state index is -0.213. The van der Waals surface area contributed by atoms with Gasteiger partial charge in [-0.1, -0.05) is 30.3 Å². The number of hydrogen-bond acceptors (Lipinski definition) is 4. The van der Waals surface area contributed by atoms with Crippen molar-refractivity contribution in [1.82, 2.24) is 0 Å². The summed E-state index contributed by atoms with van der Waals surface area (Å²) in [6, 6.07) is 14.1. The number of hydrogen-bond donors (Lipinski definition) is 1. The number of Topliss-reactive ketones (excluding diaryl/α,β-unsaturated/α-hetero) is 1. The van der Waals surface area contributed by atoms with Crippen LogP contribution in [0.2, 0.25) is 0 Å². The molecule has 0 fully saturated rings. The molecule has 2 aromatic rings. The number of fused-ring (bicyclic) bond motifs is 1. The summed E-state index contributed by atoms with van der Waals surface area (Å²) in [7, 11) is 1.58. The van der Waals surface area contributed by atoms with Crippen molar-refractivity contribution in [1.29, 1.82) is 0 Å². The van der Waals surface area contributed by atoms with Crippen molar-refractivity contribution in [2.75, 3.05) is 7.11 Å². The maximum atomic E-state index is 12.2. The number of benzene rings is 2. The van der Waals surface area contributed by atoms with Gasteiger partial charge >= 0.3 is 0 Å². The van der Waals surface area contributed by atoms with Crippen LogP contribution in [-0.4, -0.2) is 24.2 Å². The highest BCUT2D eigenvalue weighted by molar-refractivity contribution is 6.30. The van der Waals surface area contributed by atoms with Crippen LogP contribution in [0.3, 0.4) is 0 Å². The highest BCUT2D eigenvalue weighted by atomic mass is 16.5. The third-order valence-corrected chi connectivity index (χ3v) is 3.32. The predicted octanol–water partition coefficient (Wildman–Crippen LogP) is 3.56. The summed E-state index contributed by atoms with van der Waals surface area (Å²) in [6.45, 7) is 0. The van der Waals surface area contributed by atoms with Gasteiger partial charge in [-0.2, -0.15) is 0 Å². The molecule has 2 aromatic carbocycles. The smallest absolute Gasteiger partial charge is 0.199 e. The van der Waals surface area contributed by atoms with E-state index in [9.17, 15) is 9.90 Å². The quantitative estimate of drug-likeness (QED) is 0.874. The average Bonchev–Trinajstić information content (AvgIpc) is 2.78. The molecule has 0 heterocycles. The van der Waals surface area contributed by atoms with Crippen molar-refractivity contribution in [3.8, 4) is 5.75 Å². The summed E-state index contributed by atoms with van der Waals surface area (Å²) in [4.78, 5) is 16.5. The molecular formula is C17H13NO3. The molecule has 0 amide bonds. The summed E-state index contributed by atoms with van der Waals surface area (Å²) in [6.07, 6.45) is 1.40. The molecule has 0 radical (unpaired) electrons. The van der Waals surface area contributed by atoms with Gasteiger partial charge in [-0.15, -0.1) is 0 Å². The largest absolute Gasteiger partial charge is 0.506 e. The Balaban J connectivity index is 1.94. The first-order chi connectivity index (χ1) is 10.2. The average molecular weight is 279 g/mol. The Morgan fingerprint density at radius 1 is 1.10 bits per heavy atom. The van der Waals surface area contributed by atoms with E-state index >= 15 is 0 Å². The molecule has 1 aliphatic rings. The van der Waals surface area contributed by atoms with Gasteiger partial charge in [-0.25, -0.2) is 0 Å². The van der Waals surface area contributed by atoms with E-state index in [1.54, 1.807) is 43.5 Å². The highest BCUT2D eigenvalue weighted by Crippen LogP contribution is 2.30. The lowest BCUT2D eigenvalue weighted by molar-refractivity contribution is 0.104. The van der Waals surface area contributed by atoms with Crippen LogP contribution in [-0.2, 0) is 0 Å². The van der Waals surface area contributed by atoms with Crippen molar-refractivity contribution in [3.63, 3.8) is 0 Å². The Hall–Kier alpha value is -2.88. The summed E-state index contributed by atoms with van der Waals surface area (Å²) in [5, 5.41) is 10.1. The molecule has 0 aromatic heterocycles. The number of aliphatic hydroxyl groups excluding tert-OH is 1. The Morgan fingerprint density at radius 2 is 1.86 bits per heavy atom. The number of nitrogens with zero attached hydrogens (tertiary/aromatic N) is 1. The Bertz CT molecular complexity index is 775. The molecule has 1 N–H and O–H groups in total. The minimum absolute atomic E-state index is 0.0257. The molecule has 1 aliphatic carbocycles. The highest BCUT2D eigenvalue weighted by Gasteiger charge is 2.27. The molecular weight excluding hydrogens is 266 g/mol. The van der Waals surface area contributed by atoms with Gasteiger partial charge in [0.2, 0.25) is 0 Å². The zero-order valence-corrected chi connectivity index (χ0v) is 11.4. The van der Waals surface area contributed by atoms with Crippen LogP contribution in [0.25, 0.3) is 5.76 Å². The lowest BCUT2D eigenvalue weighted by Gasteiger charge is -1.99. The van der Waals surface area contributed by atoms with Crippen molar-refractivity contribution in [2.45, 2.75) is 0 Å². The van der Waals surface area contributed by atoms with Crippen LogP contribution in [0.5, 0.6) is 5.75 Å². The van der Waals surface area contributed by atoms with E-state index in [0.717, 1.165) is 0 Å². The van der Waals surface area contributed by atoms with E-state index in [0.29, 0.717) is 22.6 Å². The minimum Gasteiger partial charge on any atom is -0.506 e. The summed E-state index contributed by atoms with van der Waals surface area (Å²) in [5.74, 6) is 0.445. The van der Waals surface area contributed by atoms with Gasteiger partial charge in [0.05, 0.1) is 18.4 Å². The standard InChI is InChI=1S/C17H13NO3/c1-21-12-6-4-5-11(9-12)18-10-15-16(19)13-7-2-3-8-14(13)17(15)20/h2-10,19H,1H3. The number of carbonyl (C=O) groups excluding carboxylic acids is 1. The van der Waals surface area contributed by atoms with Crippen molar-refractivity contribution in [2.24, 2.45) is 4.99 Å². The van der Waals surface area contributed by atoms with E-state index in [1.165, 1.54) is 6.21 Å². The van der Waals surface area contributed by atoms with Gasteiger partial charge in [-0.05, 0) is 12.1 Å². The number of aliphatic imine (C=N–C) groups is 1. The lowest BCUT2D eigenvalue weighted by Crippen LogP contribution is -1.99. The van der Waals surface area contributed by atoms with Gasteiger partial charge < -0.3 is 9.84 Å². The van der Waals surface area contributed by atoms with Crippen molar-refractivity contribution < 1.29 is 14.6 Å². The second-order valence-electron chi connectivity index (χ2n) is 4.60. The van der Waals surface area contributed by atoms with Crippen LogP contribution in [0, 0.1) is 0 Å². The molecule has 0 saturated carbocycles. The van der Waals surface area contributed by atoms with Gasteiger partial charge in [-0.3, -0.25) is 9.79 Å². The molecule has 0 aliphatic heterocycles. The number of aliphatic hydroxyl groups is 1. The molecule has 0 bridgehead atoms. The number of allylic oxidation sites excluding steroid dienone is 1. The molecule has 0 atom stereocenters. The van der Waals surface area contributed by atoms with Crippen LogP contribution in [0.15, 0.2) is 59.1 Å². The van der Waals surface area contributed by atoms with E-state index in [4.69, 9.17) is 4.74 Å². The first kappa shape index (κ1) is 13.1. The second-order valence-corrected chi connectivity index (χ2v) is 4.60. The maximum Gasteiger partial charge on any atom is 0.199 e. The number of rotatable bonds is 3. The zero-order chi connectivity index (χ0) is 14.8. The van der Waals surface area contributed by atoms with Crippen LogP contribution < -0.4 is 4.74 Å². The van der Waals surface area contributed by atoms with Gasteiger partial charge in [0.25, 0.3) is 0 Å². The Labute approximate surface area is 122 Å². The van der Waals surface area contributed by atoms with Crippen LogP contribution >= 0.6 is 0 Å². The molecule has 4 nitrogen and oxygen atoms in total. The molecule has 3 rings (SSSR count). The molecule has 0 spiro atoms. The molecule has 4 heteroatoms. The first-order valence-electron chi connectivity index (χ1n) is 6.46. The number of carbonyl (C=O) groups is 1. The van der Waals surface area contributed by atoms with E-state index in [2.05, 4.69) is 4.99 Å². The number of methoxy groups -OCH3 is 1. The zero-order valence-electron chi connectivity index (χ0n) is 11.4. The van der Waals surface area contributed by atoms with Gasteiger partial charge in [0.15, 0.2) is 5.78 Å². The second kappa shape index (κ2) is 5.25. The maximum absolute atomic E-state index is 12.2. The fourth-order valence-corrected chi connectivity index (χ4v) is 2.23. The predicted molar refractivity (Wildman–Crippen MR) is 81.5 cm³/mol. The fourth-order valence-electron chi connectivity index (χ4n) is 2.23. The lowest BCUT2D eigenvalue weighted by atomic mass is 10.1. The van der Waals surface area contributed by atoms with Crippen LogP contribution in [0.4, 0.5) is 5.69 Å². The summed E-state index contributed by atoms with van der Waals surface area (Å²) >= 11 is 0. The third-order valence-electron chi connectivity index (χ3n) is 3.32. The van der Waals surface area contributed by atoms with E-state index < -0.39 is 0 Å². The van der Waals surface area contributed by atoms with Crippen molar-refractivity contribution in [3.05, 3.63) is 65.2 Å². The van der Waals surface area contributed by atoms with Gasteiger partial charge in [0.1, 0.15) is 11.5 Å². The molecule has 0 unspecified atom stereocenters. The number of ether oxygens (including phenoxy) is 1. The number of ketones is 1. The van der Waals surface area contributed by atoms with E-state index in [-0.39, 0.29) is 17.1 Å². The van der Waals surface area contributed by atoms with Crippen LogP contribution in [0.1, 0.15) is 15.9 Å². The molecule has 21 heavy (non-hydrogen) atoms. The molecule has 0 saturated heterocycles. The molecule has 104 valence electrons. The Morgan fingerprint density at radius 3 is 2.57 bits per heavy atom. The third kappa shape index (κ3) is 2.31. The monoisotopic (exact) mass is 279 g/mol. The topological polar surface area (TPSA) is 58.9 Å². The first-order valence-corrected chi connectivity index (χ1v) is 6.46. The SMILES string of the molecule is COc1cccc(N=CC2=C(O)c3ccccc3C2=O)c1. The normalized spacial score (nSPS) is 13.9. The van der Waals surface area contributed by atoms with Gasteiger partial charge in [0, 0.05) is 23.4 Å². The Kier molecular flexibility index (Phi) is 3.28. The van der Waals surface area contributed by atoms with Crippen molar-refractivity contribution >= 4 is 23.4 Å². The fraction of sp³-hybridized carbons (Fsp3) is 0.0588. The van der Waals surface area contributed by atoms with E-state index in [1.807, 2.05) is 12.1 Å². The summed E-state index contributed by atoms with van der Waals surface area (Å²) < 4.78 is 5.12.